The van der Waals surface area contributed by atoms with Gasteiger partial charge in [0, 0.05) is 41.4 Å². The fourth-order valence-corrected chi connectivity index (χ4v) is 4.17. The Morgan fingerprint density at radius 3 is 3.19 bits per heavy atom. The Balaban J connectivity index is 1.47. The maximum absolute atomic E-state index is 12.0. The lowest BCUT2D eigenvalue weighted by Crippen LogP contribution is -2.43. The third kappa shape index (κ3) is 3.93. The van der Waals surface area contributed by atoms with Crippen molar-refractivity contribution in [3.8, 4) is 0 Å². The molecule has 2 aliphatic rings. The van der Waals surface area contributed by atoms with Crippen LogP contribution in [0, 0.1) is 5.92 Å². The molecule has 2 fully saturated rings. The standard InChI is InChI=1S/C15H20BrN3OS/c16-12-2-1-3-13(6-12)19-5-4-11(8-19)7-17-15(20)14-9-21-10-18-14/h1-3,6,11,14,18H,4-5,7-10H2,(H,17,20). The summed E-state index contributed by atoms with van der Waals surface area (Å²) in [6, 6.07) is 8.41. The van der Waals surface area contributed by atoms with E-state index in [1.54, 1.807) is 11.8 Å². The number of nitrogens with one attached hydrogen (secondary N) is 2. The third-order valence-electron chi connectivity index (χ3n) is 4.06. The number of nitrogens with zero attached hydrogens (tertiary/aromatic N) is 1. The van der Waals surface area contributed by atoms with Gasteiger partial charge >= 0.3 is 0 Å². The molecule has 2 aliphatic heterocycles. The van der Waals surface area contributed by atoms with E-state index in [1.165, 1.54) is 5.69 Å². The van der Waals surface area contributed by atoms with Crippen molar-refractivity contribution >= 4 is 39.3 Å². The van der Waals surface area contributed by atoms with Gasteiger partial charge in [0.2, 0.25) is 5.91 Å². The van der Waals surface area contributed by atoms with E-state index in [0.717, 1.165) is 42.2 Å². The molecule has 6 heteroatoms. The SMILES string of the molecule is O=C(NCC1CCN(c2cccc(Br)c2)C1)C1CSCN1. The van der Waals surface area contributed by atoms with Gasteiger partial charge in [-0.3, -0.25) is 10.1 Å². The summed E-state index contributed by atoms with van der Waals surface area (Å²) in [6.45, 7) is 2.87. The molecule has 0 bridgehead atoms. The summed E-state index contributed by atoms with van der Waals surface area (Å²) in [5.74, 6) is 2.47. The predicted octanol–water partition coefficient (Wildman–Crippen LogP) is 2.05. The highest BCUT2D eigenvalue weighted by molar-refractivity contribution is 9.10. The van der Waals surface area contributed by atoms with Crippen molar-refractivity contribution in [1.29, 1.82) is 0 Å². The van der Waals surface area contributed by atoms with Crippen LogP contribution < -0.4 is 15.5 Å². The van der Waals surface area contributed by atoms with Gasteiger partial charge in [-0.1, -0.05) is 22.0 Å². The van der Waals surface area contributed by atoms with E-state index in [0.29, 0.717) is 5.92 Å². The lowest BCUT2D eigenvalue weighted by molar-refractivity contribution is -0.122. The molecule has 3 rings (SSSR count). The van der Waals surface area contributed by atoms with Crippen LogP contribution in [0.2, 0.25) is 0 Å². The summed E-state index contributed by atoms with van der Waals surface area (Å²) < 4.78 is 1.11. The largest absolute Gasteiger partial charge is 0.371 e. The monoisotopic (exact) mass is 369 g/mol. The van der Waals surface area contributed by atoms with Gasteiger partial charge in [-0.15, -0.1) is 11.8 Å². The molecule has 0 radical (unpaired) electrons. The molecule has 0 saturated carbocycles. The van der Waals surface area contributed by atoms with E-state index < -0.39 is 0 Å². The number of anilines is 1. The molecule has 1 aromatic carbocycles. The maximum atomic E-state index is 12.0. The average molecular weight is 370 g/mol. The summed E-state index contributed by atoms with van der Waals surface area (Å²) in [5, 5.41) is 6.31. The molecule has 0 aliphatic carbocycles. The number of hydrogen-bond donors (Lipinski definition) is 2. The zero-order valence-corrected chi connectivity index (χ0v) is 14.3. The number of thioether (sulfide) groups is 1. The van der Waals surface area contributed by atoms with Gasteiger partial charge in [-0.25, -0.2) is 0 Å². The molecule has 114 valence electrons. The molecule has 21 heavy (non-hydrogen) atoms. The van der Waals surface area contributed by atoms with Gasteiger partial charge in [0.05, 0.1) is 6.04 Å². The van der Waals surface area contributed by atoms with Crippen LogP contribution in [0.25, 0.3) is 0 Å². The molecule has 2 atom stereocenters. The Hall–Kier alpha value is -0.720. The first-order valence-corrected chi connectivity index (χ1v) is 9.26. The lowest BCUT2D eigenvalue weighted by atomic mass is 10.1. The normalized spacial score (nSPS) is 25.3. The average Bonchev–Trinajstić information content (AvgIpc) is 3.16. The topological polar surface area (TPSA) is 44.4 Å². The quantitative estimate of drug-likeness (QED) is 0.852. The molecule has 0 aromatic heterocycles. The van der Waals surface area contributed by atoms with Crippen LogP contribution in [0.1, 0.15) is 6.42 Å². The van der Waals surface area contributed by atoms with Crippen molar-refractivity contribution in [3.63, 3.8) is 0 Å². The van der Waals surface area contributed by atoms with Gasteiger partial charge < -0.3 is 10.2 Å². The van der Waals surface area contributed by atoms with Crippen molar-refractivity contribution in [2.45, 2.75) is 12.5 Å². The Labute approximate surface area is 138 Å². The third-order valence-corrected chi connectivity index (χ3v) is 5.49. The Morgan fingerprint density at radius 1 is 1.52 bits per heavy atom. The highest BCUT2D eigenvalue weighted by atomic mass is 79.9. The van der Waals surface area contributed by atoms with E-state index in [1.807, 2.05) is 6.07 Å². The van der Waals surface area contributed by atoms with Crippen LogP contribution in [-0.4, -0.2) is 43.2 Å². The molecule has 4 nitrogen and oxygen atoms in total. The molecular weight excluding hydrogens is 350 g/mol. The Kier molecular flexibility index (Phi) is 5.08. The number of carbonyl (C=O) groups is 1. The number of benzene rings is 1. The molecule has 2 unspecified atom stereocenters. The second-order valence-corrected chi connectivity index (χ2v) is 7.54. The first-order chi connectivity index (χ1) is 10.2. The molecule has 1 aromatic rings. The fraction of sp³-hybridized carbons (Fsp3) is 0.533. The van der Waals surface area contributed by atoms with Gasteiger partial charge in [-0.05, 0) is 30.5 Å². The Bertz CT molecular complexity index is 507. The number of halogens is 1. The van der Waals surface area contributed by atoms with Crippen molar-refractivity contribution in [2.24, 2.45) is 5.92 Å². The van der Waals surface area contributed by atoms with E-state index >= 15 is 0 Å². The first-order valence-electron chi connectivity index (χ1n) is 7.32. The number of rotatable bonds is 4. The summed E-state index contributed by atoms with van der Waals surface area (Å²) in [4.78, 5) is 14.4. The minimum Gasteiger partial charge on any atom is -0.371 e. The van der Waals surface area contributed by atoms with Gasteiger partial charge in [0.25, 0.3) is 0 Å². The minimum atomic E-state index is -0.00224. The van der Waals surface area contributed by atoms with E-state index in [2.05, 4.69) is 49.7 Å². The smallest absolute Gasteiger partial charge is 0.238 e. The van der Waals surface area contributed by atoms with Gasteiger partial charge in [-0.2, -0.15) is 0 Å². The molecule has 0 spiro atoms. The van der Waals surface area contributed by atoms with Crippen LogP contribution in [0.4, 0.5) is 5.69 Å². The van der Waals surface area contributed by atoms with Crippen LogP contribution in [0.5, 0.6) is 0 Å². The van der Waals surface area contributed by atoms with Crippen LogP contribution >= 0.6 is 27.7 Å². The molecule has 2 saturated heterocycles. The number of hydrogen-bond acceptors (Lipinski definition) is 4. The number of carbonyl (C=O) groups excluding carboxylic acids is 1. The van der Waals surface area contributed by atoms with E-state index in [-0.39, 0.29) is 11.9 Å². The molecule has 2 heterocycles. The molecule has 2 N–H and O–H groups in total. The van der Waals surface area contributed by atoms with Crippen molar-refractivity contribution < 1.29 is 4.79 Å². The molecular formula is C15H20BrN3OS. The summed E-state index contributed by atoms with van der Waals surface area (Å²) >= 11 is 5.30. The van der Waals surface area contributed by atoms with Gasteiger partial charge in [0.1, 0.15) is 0 Å². The summed E-state index contributed by atoms with van der Waals surface area (Å²) in [7, 11) is 0. The highest BCUT2D eigenvalue weighted by Gasteiger charge is 2.26. The molecule has 1 amide bonds. The number of amides is 1. The van der Waals surface area contributed by atoms with Crippen LogP contribution in [0.3, 0.4) is 0 Å². The van der Waals surface area contributed by atoms with Crippen LogP contribution in [-0.2, 0) is 4.79 Å². The van der Waals surface area contributed by atoms with Crippen LogP contribution in [0.15, 0.2) is 28.7 Å². The summed E-state index contributed by atoms with van der Waals surface area (Å²) in [6.07, 6.45) is 1.14. The fourth-order valence-electron chi connectivity index (χ4n) is 2.84. The maximum Gasteiger partial charge on any atom is 0.238 e. The first kappa shape index (κ1) is 15.2. The van der Waals surface area contributed by atoms with Crippen molar-refractivity contribution in [3.05, 3.63) is 28.7 Å². The zero-order valence-electron chi connectivity index (χ0n) is 11.8. The highest BCUT2D eigenvalue weighted by Crippen LogP contribution is 2.26. The van der Waals surface area contributed by atoms with Crippen molar-refractivity contribution in [1.82, 2.24) is 10.6 Å². The van der Waals surface area contributed by atoms with E-state index in [4.69, 9.17) is 0 Å². The zero-order chi connectivity index (χ0) is 14.7. The second kappa shape index (κ2) is 7.03. The minimum absolute atomic E-state index is 0.00224. The second-order valence-electron chi connectivity index (χ2n) is 5.60. The van der Waals surface area contributed by atoms with Crippen molar-refractivity contribution in [2.75, 3.05) is 36.2 Å². The lowest BCUT2D eigenvalue weighted by Gasteiger charge is -2.19. The van der Waals surface area contributed by atoms with Gasteiger partial charge in [0.15, 0.2) is 0 Å². The predicted molar refractivity (Wildman–Crippen MR) is 91.7 cm³/mol. The Morgan fingerprint density at radius 2 is 2.43 bits per heavy atom. The summed E-state index contributed by atoms with van der Waals surface area (Å²) in [5.41, 5.74) is 1.26. The van der Waals surface area contributed by atoms with E-state index in [9.17, 15) is 4.79 Å².